The van der Waals surface area contributed by atoms with Crippen LogP contribution < -0.4 is 5.32 Å². The maximum atomic E-state index is 12.1. The van der Waals surface area contributed by atoms with Gasteiger partial charge in [0.1, 0.15) is 0 Å². The second-order valence-corrected chi connectivity index (χ2v) is 5.55. The van der Waals surface area contributed by atoms with Gasteiger partial charge in [-0.25, -0.2) is 0 Å². The fraction of sp³-hybridized carbons (Fsp3) is 0.462. The summed E-state index contributed by atoms with van der Waals surface area (Å²) >= 11 is 6.13. The Bertz CT molecular complexity index is 471. The Balaban J connectivity index is 2.22. The molecule has 1 N–H and O–H groups in total. The Morgan fingerprint density at radius 3 is 3.12 bits per heavy atom. The summed E-state index contributed by atoms with van der Waals surface area (Å²) in [4.78, 5) is 12.1. The molecule has 3 rings (SSSR count). The lowest BCUT2D eigenvalue weighted by molar-refractivity contribution is 0.0898. The smallest absolute Gasteiger partial charge is 0.165 e. The quantitative estimate of drug-likeness (QED) is 0.749. The number of ketones is 1. The highest BCUT2D eigenvalue weighted by atomic mass is 35.5. The summed E-state index contributed by atoms with van der Waals surface area (Å²) in [6.07, 6.45) is 0.612. The number of nitrogens with one attached hydrogen (secondary N) is 1. The van der Waals surface area contributed by atoms with Crippen molar-refractivity contribution in [1.82, 2.24) is 5.32 Å². The number of carbonyl (C=O) groups excluding carboxylic acids is 1. The van der Waals surface area contributed by atoms with Gasteiger partial charge < -0.3 is 5.32 Å². The Morgan fingerprint density at radius 2 is 2.31 bits per heavy atom. The normalized spacial score (nSPS) is 32.4. The zero-order valence-electron chi connectivity index (χ0n) is 9.22. The molecule has 2 aliphatic rings. The molecule has 3 heteroatoms. The number of halogens is 1. The number of hydrogen-bond acceptors (Lipinski definition) is 2. The first-order valence-electron chi connectivity index (χ1n) is 5.64. The summed E-state index contributed by atoms with van der Waals surface area (Å²) in [5.74, 6) is 0.627. The zero-order valence-corrected chi connectivity index (χ0v) is 9.97. The van der Waals surface area contributed by atoms with Gasteiger partial charge in [-0.1, -0.05) is 30.7 Å². The molecular formula is C13H14ClNO. The molecule has 16 heavy (non-hydrogen) atoms. The molecular weight excluding hydrogens is 222 g/mol. The van der Waals surface area contributed by atoms with Gasteiger partial charge in [0.05, 0.1) is 5.02 Å². The molecule has 1 fully saturated rings. The highest BCUT2D eigenvalue weighted by Crippen LogP contribution is 2.48. The van der Waals surface area contributed by atoms with E-state index >= 15 is 0 Å². The summed E-state index contributed by atoms with van der Waals surface area (Å²) in [6.45, 7) is 4.08. The van der Waals surface area contributed by atoms with Gasteiger partial charge in [-0.05, 0) is 17.0 Å². The van der Waals surface area contributed by atoms with Crippen LogP contribution in [0.3, 0.4) is 0 Å². The SMILES string of the molecule is C[C@]12CNCC1c1cccc(Cl)c1C(=O)C2. The van der Waals surface area contributed by atoms with Crippen LogP contribution in [0.1, 0.15) is 35.2 Å². The minimum Gasteiger partial charge on any atom is -0.316 e. The minimum atomic E-state index is 0.0781. The van der Waals surface area contributed by atoms with Gasteiger partial charge in [0.25, 0.3) is 0 Å². The second-order valence-electron chi connectivity index (χ2n) is 5.14. The number of rotatable bonds is 0. The van der Waals surface area contributed by atoms with Crippen molar-refractivity contribution in [3.63, 3.8) is 0 Å². The molecule has 0 bridgehead atoms. The van der Waals surface area contributed by atoms with Gasteiger partial charge in [-0.2, -0.15) is 0 Å². The average molecular weight is 236 g/mol. The van der Waals surface area contributed by atoms with Crippen molar-refractivity contribution in [2.45, 2.75) is 19.3 Å². The third kappa shape index (κ3) is 1.26. The standard InChI is InChI=1S/C13H14ClNO/c1-13-5-11(16)12-8(3-2-4-10(12)14)9(13)6-15-7-13/h2-4,9,15H,5-7H2,1H3/t9?,13-/m0/s1. The maximum absolute atomic E-state index is 12.1. The van der Waals surface area contributed by atoms with Crippen molar-refractivity contribution in [2.75, 3.05) is 13.1 Å². The van der Waals surface area contributed by atoms with E-state index in [4.69, 9.17) is 11.6 Å². The van der Waals surface area contributed by atoms with Crippen LogP contribution in [-0.2, 0) is 0 Å². The molecule has 1 heterocycles. The van der Waals surface area contributed by atoms with Crippen molar-refractivity contribution in [1.29, 1.82) is 0 Å². The first-order valence-corrected chi connectivity index (χ1v) is 6.02. The Morgan fingerprint density at radius 1 is 1.50 bits per heavy atom. The van der Waals surface area contributed by atoms with Gasteiger partial charge in [-0.3, -0.25) is 4.79 Å². The van der Waals surface area contributed by atoms with E-state index in [0.717, 1.165) is 24.2 Å². The Labute approximate surface area is 100.0 Å². The third-order valence-corrected chi connectivity index (χ3v) is 4.30. The van der Waals surface area contributed by atoms with Gasteiger partial charge >= 0.3 is 0 Å². The minimum absolute atomic E-state index is 0.0781. The molecule has 1 aliphatic heterocycles. The second kappa shape index (κ2) is 3.31. The summed E-state index contributed by atoms with van der Waals surface area (Å²) < 4.78 is 0. The van der Waals surface area contributed by atoms with Gasteiger partial charge in [0.2, 0.25) is 0 Å². The number of benzene rings is 1. The molecule has 1 aliphatic carbocycles. The zero-order chi connectivity index (χ0) is 11.3. The van der Waals surface area contributed by atoms with E-state index in [1.165, 1.54) is 0 Å². The molecule has 0 amide bonds. The van der Waals surface area contributed by atoms with Crippen molar-refractivity contribution in [3.05, 3.63) is 34.3 Å². The molecule has 2 nitrogen and oxygen atoms in total. The predicted octanol–water partition coefficient (Wildman–Crippen LogP) is 2.62. The molecule has 0 radical (unpaired) electrons. The first kappa shape index (κ1) is 10.3. The Kier molecular flexibility index (Phi) is 2.13. The lowest BCUT2D eigenvalue weighted by atomic mass is 9.66. The topological polar surface area (TPSA) is 29.1 Å². The summed E-state index contributed by atoms with van der Waals surface area (Å²) in [6, 6.07) is 5.80. The fourth-order valence-corrected chi connectivity index (χ4v) is 3.41. The largest absolute Gasteiger partial charge is 0.316 e. The van der Waals surface area contributed by atoms with Crippen LogP contribution in [0.2, 0.25) is 5.02 Å². The van der Waals surface area contributed by atoms with E-state index in [0.29, 0.717) is 17.4 Å². The molecule has 1 aromatic carbocycles. The van der Waals surface area contributed by atoms with Crippen LogP contribution in [0.15, 0.2) is 18.2 Å². The Hall–Kier alpha value is -0.860. The van der Waals surface area contributed by atoms with E-state index in [1.807, 2.05) is 18.2 Å². The maximum Gasteiger partial charge on any atom is 0.165 e. The molecule has 1 unspecified atom stereocenters. The summed E-state index contributed by atoms with van der Waals surface area (Å²) in [5, 5.41) is 4.00. The number of fused-ring (bicyclic) bond motifs is 3. The lowest BCUT2D eigenvalue weighted by Crippen LogP contribution is -2.33. The number of hydrogen-bond donors (Lipinski definition) is 1. The van der Waals surface area contributed by atoms with Crippen LogP contribution in [0.5, 0.6) is 0 Å². The van der Waals surface area contributed by atoms with Crippen LogP contribution in [0, 0.1) is 5.41 Å². The number of Topliss-reactive ketones (excluding diaryl/α,β-unsaturated/α-hetero) is 1. The van der Waals surface area contributed by atoms with E-state index < -0.39 is 0 Å². The van der Waals surface area contributed by atoms with Crippen molar-refractivity contribution in [3.8, 4) is 0 Å². The van der Waals surface area contributed by atoms with Crippen molar-refractivity contribution < 1.29 is 4.79 Å². The third-order valence-electron chi connectivity index (χ3n) is 3.98. The predicted molar refractivity (Wildman–Crippen MR) is 64.1 cm³/mol. The number of carbonyl (C=O) groups is 1. The van der Waals surface area contributed by atoms with Crippen LogP contribution >= 0.6 is 11.6 Å². The first-order chi connectivity index (χ1) is 7.62. The lowest BCUT2D eigenvalue weighted by Gasteiger charge is -2.36. The molecule has 0 spiro atoms. The molecule has 0 aromatic heterocycles. The van der Waals surface area contributed by atoms with E-state index in [2.05, 4.69) is 12.2 Å². The molecule has 1 aromatic rings. The molecule has 84 valence electrons. The van der Waals surface area contributed by atoms with Gasteiger partial charge in [0, 0.05) is 31.0 Å². The summed E-state index contributed by atoms with van der Waals surface area (Å²) in [5.41, 5.74) is 1.97. The van der Waals surface area contributed by atoms with Crippen molar-refractivity contribution >= 4 is 17.4 Å². The fourth-order valence-electron chi connectivity index (χ4n) is 3.12. The molecule has 2 atom stereocenters. The van der Waals surface area contributed by atoms with E-state index in [1.54, 1.807) is 0 Å². The van der Waals surface area contributed by atoms with Crippen LogP contribution in [0.25, 0.3) is 0 Å². The van der Waals surface area contributed by atoms with Crippen LogP contribution in [-0.4, -0.2) is 18.9 Å². The van der Waals surface area contributed by atoms with Gasteiger partial charge in [0.15, 0.2) is 5.78 Å². The monoisotopic (exact) mass is 235 g/mol. The van der Waals surface area contributed by atoms with Crippen molar-refractivity contribution in [2.24, 2.45) is 5.41 Å². The molecule has 0 saturated carbocycles. The average Bonchev–Trinajstić information content (AvgIpc) is 2.59. The van der Waals surface area contributed by atoms with E-state index in [9.17, 15) is 4.79 Å². The highest BCUT2D eigenvalue weighted by molar-refractivity contribution is 6.34. The highest BCUT2D eigenvalue weighted by Gasteiger charge is 2.46. The van der Waals surface area contributed by atoms with Crippen LogP contribution in [0.4, 0.5) is 0 Å². The summed E-state index contributed by atoms with van der Waals surface area (Å²) in [7, 11) is 0. The molecule has 1 saturated heterocycles. The van der Waals surface area contributed by atoms with Gasteiger partial charge in [-0.15, -0.1) is 0 Å². The van der Waals surface area contributed by atoms with E-state index in [-0.39, 0.29) is 11.2 Å².